The maximum Gasteiger partial charge on any atom is 0.172 e. The molecule has 0 radical (unpaired) electrons. The molecule has 4 nitrogen and oxygen atoms in total. The average molecular weight is 257 g/mol. The van der Waals surface area contributed by atoms with Crippen LogP contribution in [0.4, 0.5) is 0 Å². The molecule has 90 valence electrons. The van der Waals surface area contributed by atoms with E-state index in [-0.39, 0.29) is 0 Å². The van der Waals surface area contributed by atoms with E-state index in [1.807, 2.05) is 30.3 Å². The minimum absolute atomic E-state index is 0.359. The molecule has 1 aromatic carbocycles. The van der Waals surface area contributed by atoms with Crippen molar-refractivity contribution >= 4 is 11.8 Å². The topological polar surface area (TPSA) is 58.8 Å². The Balaban J connectivity index is 2.14. The highest BCUT2D eigenvalue weighted by Crippen LogP contribution is 2.27. The molecule has 0 spiro atoms. The summed E-state index contributed by atoms with van der Waals surface area (Å²) in [6.45, 7) is 0. The number of methoxy groups -OCH3 is 1. The summed E-state index contributed by atoms with van der Waals surface area (Å²) in [5.74, 6) is 1.53. The van der Waals surface area contributed by atoms with Crippen LogP contribution in [0.3, 0.4) is 0 Å². The van der Waals surface area contributed by atoms with Crippen LogP contribution in [0.25, 0.3) is 0 Å². The van der Waals surface area contributed by atoms with Crippen molar-refractivity contribution in [1.29, 1.82) is 5.26 Å². The van der Waals surface area contributed by atoms with E-state index in [4.69, 9.17) is 10.00 Å². The first-order chi connectivity index (χ1) is 8.85. The lowest BCUT2D eigenvalue weighted by atomic mass is 10.2. The summed E-state index contributed by atoms with van der Waals surface area (Å²) < 4.78 is 5.28. The van der Waals surface area contributed by atoms with E-state index >= 15 is 0 Å². The fraction of sp³-hybridized carbons (Fsp3) is 0.154. The van der Waals surface area contributed by atoms with Crippen LogP contribution in [0, 0.1) is 11.3 Å². The molecule has 0 saturated carbocycles. The number of rotatable bonds is 4. The van der Waals surface area contributed by atoms with Crippen molar-refractivity contribution in [1.82, 2.24) is 9.97 Å². The summed E-state index contributed by atoms with van der Waals surface area (Å²) in [6, 6.07) is 9.83. The predicted octanol–water partition coefficient (Wildman–Crippen LogP) is 2.65. The number of para-hydroxylation sites is 1. The fourth-order valence-corrected chi connectivity index (χ4v) is 2.38. The van der Waals surface area contributed by atoms with Gasteiger partial charge in [-0.2, -0.15) is 5.26 Å². The molecule has 0 fully saturated rings. The SMILES string of the molecule is COc1ccccc1CSc1nccnc1C#N. The average Bonchev–Trinajstić information content (AvgIpc) is 2.45. The number of nitriles is 1. The second kappa shape index (κ2) is 6.03. The van der Waals surface area contributed by atoms with Gasteiger partial charge in [-0.3, -0.25) is 0 Å². The standard InChI is InChI=1S/C13H11N3OS/c1-17-12-5-3-2-4-10(12)9-18-13-11(8-14)15-6-7-16-13/h2-7H,9H2,1H3. The Bertz CT molecular complexity index is 580. The first-order valence-electron chi connectivity index (χ1n) is 5.31. The zero-order valence-electron chi connectivity index (χ0n) is 9.83. The molecule has 2 rings (SSSR count). The minimum atomic E-state index is 0.359. The molecule has 0 atom stereocenters. The molecule has 0 saturated heterocycles. The number of ether oxygens (including phenoxy) is 1. The highest BCUT2D eigenvalue weighted by Gasteiger charge is 2.07. The van der Waals surface area contributed by atoms with Gasteiger partial charge in [-0.05, 0) is 6.07 Å². The third-order valence-electron chi connectivity index (χ3n) is 2.33. The quantitative estimate of drug-likeness (QED) is 0.788. The monoisotopic (exact) mass is 257 g/mol. The van der Waals surface area contributed by atoms with E-state index in [0.717, 1.165) is 11.3 Å². The number of thioether (sulfide) groups is 1. The molecule has 1 heterocycles. The van der Waals surface area contributed by atoms with Crippen molar-refractivity contribution in [2.45, 2.75) is 10.8 Å². The maximum absolute atomic E-state index is 8.93. The molecular formula is C13H11N3OS. The molecule has 5 heteroatoms. The molecule has 0 N–H and O–H groups in total. The van der Waals surface area contributed by atoms with Crippen molar-refractivity contribution in [2.75, 3.05) is 7.11 Å². The van der Waals surface area contributed by atoms with Crippen LogP contribution in [-0.2, 0) is 5.75 Å². The van der Waals surface area contributed by atoms with E-state index in [1.54, 1.807) is 13.3 Å². The molecule has 18 heavy (non-hydrogen) atoms. The largest absolute Gasteiger partial charge is 0.496 e. The highest BCUT2D eigenvalue weighted by molar-refractivity contribution is 7.98. The van der Waals surface area contributed by atoms with Gasteiger partial charge in [0.25, 0.3) is 0 Å². The molecule has 0 amide bonds. The van der Waals surface area contributed by atoms with Crippen molar-refractivity contribution in [3.05, 3.63) is 47.9 Å². The van der Waals surface area contributed by atoms with Crippen LogP contribution >= 0.6 is 11.8 Å². The van der Waals surface area contributed by atoms with Crippen LogP contribution in [0.15, 0.2) is 41.7 Å². The second-order valence-corrected chi connectivity index (χ2v) is 4.39. The minimum Gasteiger partial charge on any atom is -0.496 e. The normalized spacial score (nSPS) is 9.78. The number of aromatic nitrogens is 2. The fourth-order valence-electron chi connectivity index (χ4n) is 1.48. The Morgan fingerprint density at radius 3 is 2.83 bits per heavy atom. The van der Waals surface area contributed by atoms with Crippen molar-refractivity contribution in [3.8, 4) is 11.8 Å². The lowest BCUT2D eigenvalue weighted by Gasteiger charge is -2.07. The van der Waals surface area contributed by atoms with Gasteiger partial charge in [0.1, 0.15) is 16.8 Å². The highest BCUT2D eigenvalue weighted by atomic mass is 32.2. The van der Waals surface area contributed by atoms with E-state index in [2.05, 4.69) is 9.97 Å². The van der Waals surface area contributed by atoms with Crippen LogP contribution in [0.1, 0.15) is 11.3 Å². The summed E-state index contributed by atoms with van der Waals surface area (Å²) in [4.78, 5) is 8.13. The zero-order valence-corrected chi connectivity index (χ0v) is 10.6. The van der Waals surface area contributed by atoms with Gasteiger partial charge in [-0.15, -0.1) is 0 Å². The molecule has 0 bridgehead atoms. The Morgan fingerprint density at radius 2 is 2.06 bits per heavy atom. The third kappa shape index (κ3) is 2.79. The van der Waals surface area contributed by atoms with Crippen molar-refractivity contribution in [3.63, 3.8) is 0 Å². The van der Waals surface area contributed by atoms with E-state index in [1.165, 1.54) is 18.0 Å². The van der Waals surface area contributed by atoms with Gasteiger partial charge < -0.3 is 4.74 Å². The molecule has 0 aliphatic heterocycles. The summed E-state index contributed by atoms with van der Waals surface area (Å²) in [5, 5.41) is 9.57. The van der Waals surface area contributed by atoms with Gasteiger partial charge >= 0.3 is 0 Å². The molecule has 1 aromatic heterocycles. The van der Waals surface area contributed by atoms with Crippen LogP contribution in [0.5, 0.6) is 5.75 Å². The van der Waals surface area contributed by atoms with Gasteiger partial charge in [-0.25, -0.2) is 9.97 Å². The van der Waals surface area contributed by atoms with E-state index < -0.39 is 0 Å². The van der Waals surface area contributed by atoms with Crippen molar-refractivity contribution < 1.29 is 4.74 Å². The Labute approximate surface area is 110 Å². The van der Waals surface area contributed by atoms with Gasteiger partial charge in [0.2, 0.25) is 0 Å². The van der Waals surface area contributed by atoms with E-state index in [9.17, 15) is 0 Å². The summed E-state index contributed by atoms with van der Waals surface area (Å²) in [7, 11) is 1.65. The third-order valence-corrected chi connectivity index (χ3v) is 3.36. The van der Waals surface area contributed by atoms with Crippen LogP contribution in [0.2, 0.25) is 0 Å². The molecule has 0 unspecified atom stereocenters. The second-order valence-electron chi connectivity index (χ2n) is 3.42. The van der Waals surface area contributed by atoms with Gasteiger partial charge in [0.15, 0.2) is 5.69 Å². The summed E-state index contributed by atoms with van der Waals surface area (Å²) in [6.07, 6.45) is 3.11. The number of hydrogen-bond donors (Lipinski definition) is 0. The van der Waals surface area contributed by atoms with Gasteiger partial charge in [0, 0.05) is 23.7 Å². The van der Waals surface area contributed by atoms with E-state index in [0.29, 0.717) is 16.5 Å². The zero-order chi connectivity index (χ0) is 12.8. The number of benzene rings is 1. The Kier molecular flexibility index (Phi) is 4.15. The van der Waals surface area contributed by atoms with Crippen molar-refractivity contribution in [2.24, 2.45) is 0 Å². The summed E-state index contributed by atoms with van der Waals surface area (Å²) >= 11 is 1.48. The first-order valence-corrected chi connectivity index (χ1v) is 6.29. The van der Waals surface area contributed by atoms with Crippen LogP contribution < -0.4 is 4.74 Å². The lowest BCUT2D eigenvalue weighted by molar-refractivity contribution is 0.411. The Hall–Kier alpha value is -2.06. The van der Waals surface area contributed by atoms with Crippen LogP contribution in [-0.4, -0.2) is 17.1 Å². The molecular weight excluding hydrogens is 246 g/mol. The summed E-state index contributed by atoms with van der Waals surface area (Å²) in [5.41, 5.74) is 1.43. The smallest absolute Gasteiger partial charge is 0.172 e. The van der Waals surface area contributed by atoms with Gasteiger partial charge in [0.05, 0.1) is 7.11 Å². The predicted molar refractivity (Wildman–Crippen MR) is 69.3 cm³/mol. The Morgan fingerprint density at radius 1 is 1.28 bits per heavy atom. The van der Waals surface area contributed by atoms with Gasteiger partial charge in [-0.1, -0.05) is 30.0 Å². The number of nitrogens with zero attached hydrogens (tertiary/aromatic N) is 3. The maximum atomic E-state index is 8.93. The molecule has 0 aliphatic rings. The molecule has 0 aliphatic carbocycles. The molecule has 2 aromatic rings. The lowest BCUT2D eigenvalue weighted by Crippen LogP contribution is -1.93. The number of hydrogen-bond acceptors (Lipinski definition) is 5. The first kappa shape index (κ1) is 12.4.